The van der Waals surface area contributed by atoms with E-state index in [1.165, 1.54) is 19.3 Å². The zero-order valence-electron chi connectivity index (χ0n) is 11.2. The Balaban J connectivity index is 1.89. The van der Waals surface area contributed by atoms with Crippen LogP contribution in [0.5, 0.6) is 0 Å². The second-order valence-electron chi connectivity index (χ2n) is 6.85. The van der Waals surface area contributed by atoms with Gasteiger partial charge in [-0.05, 0) is 47.5 Å². The van der Waals surface area contributed by atoms with E-state index < -0.39 is 0 Å². The van der Waals surface area contributed by atoms with E-state index in [1.807, 2.05) is 0 Å². The molecule has 1 aromatic rings. The highest BCUT2D eigenvalue weighted by Crippen LogP contribution is 2.97. The molecule has 4 rings (SSSR count). The molecule has 0 heterocycles. The normalized spacial score (nSPS) is 54.1. The van der Waals surface area contributed by atoms with Crippen molar-refractivity contribution in [1.82, 2.24) is 0 Å². The standard InChI is InChI=1S/C17H22/c1-4-15(2)16(3)13-10-11-14(13)17(15,16)12-8-6-5-7-9-12/h5-9,13-14H,4,10-11H2,1-3H3/t13-,14-,15-,16+,17-/m1/s1. The molecule has 3 saturated carbocycles. The third kappa shape index (κ3) is 0.687. The number of hydrogen-bond acceptors (Lipinski definition) is 0. The maximum atomic E-state index is 2.57. The van der Waals surface area contributed by atoms with Gasteiger partial charge in [-0.2, -0.15) is 0 Å². The van der Waals surface area contributed by atoms with Crippen LogP contribution in [0.2, 0.25) is 0 Å². The van der Waals surface area contributed by atoms with Gasteiger partial charge in [0.1, 0.15) is 0 Å². The largest absolute Gasteiger partial charge is 0.0648 e. The number of rotatable bonds is 2. The summed E-state index contributed by atoms with van der Waals surface area (Å²) in [6, 6.07) is 11.4. The minimum Gasteiger partial charge on any atom is -0.0648 e. The monoisotopic (exact) mass is 226 g/mol. The zero-order valence-corrected chi connectivity index (χ0v) is 11.2. The van der Waals surface area contributed by atoms with E-state index in [4.69, 9.17) is 0 Å². The molecule has 5 atom stereocenters. The fraction of sp³-hybridized carbons (Fsp3) is 0.647. The fourth-order valence-corrected chi connectivity index (χ4v) is 6.34. The summed E-state index contributed by atoms with van der Waals surface area (Å²) in [5.74, 6) is 2.03. The molecule has 0 heteroatoms. The van der Waals surface area contributed by atoms with Crippen molar-refractivity contribution in [3.05, 3.63) is 35.9 Å². The first-order valence-corrected chi connectivity index (χ1v) is 7.20. The van der Waals surface area contributed by atoms with E-state index >= 15 is 0 Å². The maximum absolute atomic E-state index is 2.57. The Morgan fingerprint density at radius 3 is 2.24 bits per heavy atom. The van der Waals surface area contributed by atoms with Gasteiger partial charge in [0.05, 0.1) is 0 Å². The van der Waals surface area contributed by atoms with E-state index in [0.717, 1.165) is 11.8 Å². The fourth-order valence-electron chi connectivity index (χ4n) is 6.34. The molecule has 0 spiro atoms. The van der Waals surface area contributed by atoms with Gasteiger partial charge in [-0.3, -0.25) is 0 Å². The van der Waals surface area contributed by atoms with Gasteiger partial charge in [0.2, 0.25) is 0 Å². The first-order chi connectivity index (χ1) is 8.14. The summed E-state index contributed by atoms with van der Waals surface area (Å²) in [7, 11) is 0. The Morgan fingerprint density at radius 1 is 1.06 bits per heavy atom. The van der Waals surface area contributed by atoms with Gasteiger partial charge in [-0.25, -0.2) is 0 Å². The second-order valence-corrected chi connectivity index (χ2v) is 6.85. The lowest BCUT2D eigenvalue weighted by Gasteiger charge is -2.58. The molecule has 3 fully saturated rings. The van der Waals surface area contributed by atoms with Crippen LogP contribution in [-0.4, -0.2) is 0 Å². The van der Waals surface area contributed by atoms with Crippen molar-refractivity contribution < 1.29 is 0 Å². The molecule has 90 valence electrons. The second kappa shape index (κ2) is 2.63. The zero-order chi connectivity index (χ0) is 11.9. The van der Waals surface area contributed by atoms with E-state index in [9.17, 15) is 0 Å². The Hall–Kier alpha value is -0.780. The maximum Gasteiger partial charge on any atom is 0.0105 e. The first-order valence-electron chi connectivity index (χ1n) is 7.20. The predicted octanol–water partition coefficient (Wildman–Crippen LogP) is 4.40. The van der Waals surface area contributed by atoms with Crippen molar-refractivity contribution in [2.75, 3.05) is 0 Å². The van der Waals surface area contributed by atoms with E-state index in [1.54, 1.807) is 5.56 Å². The molecule has 0 nitrogen and oxygen atoms in total. The quantitative estimate of drug-likeness (QED) is 0.701. The third-order valence-corrected chi connectivity index (χ3v) is 7.28. The summed E-state index contributed by atoms with van der Waals surface area (Å²) in [5.41, 5.74) is 3.35. The molecule has 1 aromatic carbocycles. The Kier molecular flexibility index (Phi) is 1.57. The van der Waals surface area contributed by atoms with Crippen LogP contribution in [0.1, 0.15) is 45.6 Å². The van der Waals surface area contributed by atoms with Crippen LogP contribution in [0.3, 0.4) is 0 Å². The molecule has 0 saturated heterocycles. The van der Waals surface area contributed by atoms with Crippen molar-refractivity contribution in [1.29, 1.82) is 0 Å². The number of fused-ring (bicyclic) bond motifs is 4. The summed E-state index contributed by atoms with van der Waals surface area (Å²) in [5, 5.41) is 0. The van der Waals surface area contributed by atoms with Crippen LogP contribution in [0.4, 0.5) is 0 Å². The molecule has 0 radical (unpaired) electrons. The van der Waals surface area contributed by atoms with Gasteiger partial charge >= 0.3 is 0 Å². The van der Waals surface area contributed by atoms with Crippen LogP contribution >= 0.6 is 0 Å². The van der Waals surface area contributed by atoms with Crippen LogP contribution in [0.15, 0.2) is 30.3 Å². The highest BCUT2D eigenvalue weighted by molar-refractivity contribution is 5.55. The Morgan fingerprint density at radius 2 is 1.71 bits per heavy atom. The van der Waals surface area contributed by atoms with E-state index in [2.05, 4.69) is 51.1 Å². The van der Waals surface area contributed by atoms with Gasteiger partial charge in [0, 0.05) is 5.41 Å². The molecule has 3 aliphatic carbocycles. The van der Waals surface area contributed by atoms with E-state index in [-0.39, 0.29) is 0 Å². The first kappa shape index (κ1) is 10.2. The highest BCUT2D eigenvalue weighted by atomic mass is 15.0. The molecular weight excluding hydrogens is 204 g/mol. The lowest BCUT2D eigenvalue weighted by atomic mass is 9.46. The van der Waals surface area contributed by atoms with Gasteiger partial charge in [0.15, 0.2) is 0 Å². The van der Waals surface area contributed by atoms with Crippen LogP contribution in [-0.2, 0) is 5.41 Å². The summed E-state index contributed by atoms with van der Waals surface area (Å²) in [6.45, 7) is 7.52. The van der Waals surface area contributed by atoms with Gasteiger partial charge < -0.3 is 0 Å². The number of hydrogen-bond donors (Lipinski definition) is 0. The van der Waals surface area contributed by atoms with Crippen molar-refractivity contribution >= 4 is 0 Å². The topological polar surface area (TPSA) is 0 Å². The third-order valence-electron chi connectivity index (χ3n) is 7.28. The van der Waals surface area contributed by atoms with Crippen molar-refractivity contribution in [2.45, 2.75) is 45.4 Å². The summed E-state index contributed by atoms with van der Waals surface area (Å²) in [6.07, 6.45) is 4.31. The highest BCUT2D eigenvalue weighted by Gasteiger charge is 2.95. The summed E-state index contributed by atoms with van der Waals surface area (Å²) in [4.78, 5) is 0. The smallest absolute Gasteiger partial charge is 0.0105 e. The average Bonchev–Trinajstić information content (AvgIpc) is 2.70. The molecule has 0 aromatic heterocycles. The molecule has 0 aliphatic heterocycles. The summed E-state index contributed by atoms with van der Waals surface area (Å²) < 4.78 is 0. The molecule has 3 aliphatic rings. The lowest BCUT2D eigenvalue weighted by molar-refractivity contribution is -0.0483. The Labute approximate surface area is 104 Å². The molecular formula is C17H22. The lowest BCUT2D eigenvalue weighted by Crippen LogP contribution is -2.54. The minimum absolute atomic E-state index is 0.541. The SMILES string of the molecule is CC[C@]1(C)[C@]2(C)[C@@H]3CC[C@H]3[C@]12c1ccccc1. The number of benzene rings is 1. The van der Waals surface area contributed by atoms with E-state index in [0.29, 0.717) is 16.2 Å². The Bertz CT molecular complexity index is 466. The van der Waals surface area contributed by atoms with Gasteiger partial charge in [0.25, 0.3) is 0 Å². The van der Waals surface area contributed by atoms with Crippen molar-refractivity contribution in [3.63, 3.8) is 0 Å². The van der Waals surface area contributed by atoms with Crippen LogP contribution in [0, 0.1) is 22.7 Å². The molecule has 0 N–H and O–H groups in total. The van der Waals surface area contributed by atoms with Gasteiger partial charge in [-0.15, -0.1) is 0 Å². The van der Waals surface area contributed by atoms with Crippen LogP contribution < -0.4 is 0 Å². The molecule has 0 amide bonds. The van der Waals surface area contributed by atoms with Gasteiger partial charge in [-0.1, -0.05) is 51.1 Å². The minimum atomic E-state index is 0.541. The summed E-state index contributed by atoms with van der Waals surface area (Å²) >= 11 is 0. The van der Waals surface area contributed by atoms with Crippen molar-refractivity contribution in [2.24, 2.45) is 22.7 Å². The molecule has 0 bridgehead atoms. The van der Waals surface area contributed by atoms with Crippen LogP contribution in [0.25, 0.3) is 0 Å². The predicted molar refractivity (Wildman–Crippen MR) is 70.8 cm³/mol. The molecule has 17 heavy (non-hydrogen) atoms. The molecule has 0 unspecified atom stereocenters. The average molecular weight is 226 g/mol. The van der Waals surface area contributed by atoms with Crippen molar-refractivity contribution in [3.8, 4) is 0 Å².